The van der Waals surface area contributed by atoms with Crippen LogP contribution in [0, 0.1) is 13.8 Å². The van der Waals surface area contributed by atoms with Crippen molar-refractivity contribution >= 4 is 5.69 Å². The number of nitrogen functional groups attached to an aromatic ring is 1. The van der Waals surface area contributed by atoms with Crippen molar-refractivity contribution in [3.8, 4) is 0 Å². The number of anilines is 1. The Morgan fingerprint density at radius 3 is 2.69 bits per heavy atom. The molecule has 0 bridgehead atoms. The van der Waals surface area contributed by atoms with Crippen LogP contribution in [-0.4, -0.2) is 9.78 Å². The minimum absolute atomic E-state index is 0.154. The van der Waals surface area contributed by atoms with Gasteiger partial charge in [-0.05, 0) is 19.4 Å². The SMILES string of the molecule is Cc1cccc(Cn2[nH]c(C)c(N)c2=O)c1. The third-order valence-electron chi connectivity index (χ3n) is 2.61. The standard InChI is InChI=1S/C12H15N3O/c1-8-4-3-5-10(6-8)7-15-12(16)11(13)9(2)14-15/h3-6,14H,7,13H2,1-2H3. The van der Waals surface area contributed by atoms with Crippen LogP contribution in [0.4, 0.5) is 5.69 Å². The minimum atomic E-state index is -0.154. The minimum Gasteiger partial charge on any atom is -0.393 e. The molecule has 3 N–H and O–H groups in total. The van der Waals surface area contributed by atoms with Gasteiger partial charge in [-0.2, -0.15) is 0 Å². The van der Waals surface area contributed by atoms with Gasteiger partial charge in [0.15, 0.2) is 0 Å². The summed E-state index contributed by atoms with van der Waals surface area (Å²) in [5.74, 6) is 0. The topological polar surface area (TPSA) is 63.8 Å². The highest BCUT2D eigenvalue weighted by molar-refractivity contribution is 5.39. The Bertz CT molecular complexity index is 566. The molecular weight excluding hydrogens is 202 g/mol. The Balaban J connectivity index is 2.34. The van der Waals surface area contributed by atoms with Gasteiger partial charge in [0.25, 0.3) is 5.56 Å². The molecule has 0 fully saturated rings. The molecule has 0 aliphatic heterocycles. The molecule has 0 amide bonds. The molecule has 0 saturated heterocycles. The van der Waals surface area contributed by atoms with Gasteiger partial charge in [0.05, 0.1) is 12.2 Å². The van der Waals surface area contributed by atoms with Crippen LogP contribution < -0.4 is 11.3 Å². The van der Waals surface area contributed by atoms with Crippen LogP contribution in [0.2, 0.25) is 0 Å². The number of nitrogens with zero attached hydrogens (tertiary/aromatic N) is 1. The van der Waals surface area contributed by atoms with Crippen molar-refractivity contribution in [1.29, 1.82) is 0 Å². The summed E-state index contributed by atoms with van der Waals surface area (Å²) >= 11 is 0. The number of hydrogen-bond donors (Lipinski definition) is 2. The lowest BCUT2D eigenvalue weighted by atomic mass is 10.1. The van der Waals surface area contributed by atoms with E-state index < -0.39 is 0 Å². The van der Waals surface area contributed by atoms with Crippen molar-refractivity contribution in [2.24, 2.45) is 0 Å². The van der Waals surface area contributed by atoms with Gasteiger partial charge in [-0.3, -0.25) is 9.89 Å². The molecule has 0 unspecified atom stereocenters. The maximum atomic E-state index is 11.7. The molecule has 2 aromatic rings. The number of H-pyrrole nitrogens is 1. The molecule has 1 heterocycles. The summed E-state index contributed by atoms with van der Waals surface area (Å²) in [6, 6.07) is 8.06. The molecule has 4 nitrogen and oxygen atoms in total. The number of aryl methyl sites for hydroxylation is 2. The fourth-order valence-corrected chi connectivity index (χ4v) is 1.72. The van der Waals surface area contributed by atoms with Gasteiger partial charge in [-0.1, -0.05) is 29.8 Å². The van der Waals surface area contributed by atoms with E-state index in [0.717, 1.165) is 11.3 Å². The van der Waals surface area contributed by atoms with Crippen LogP contribution in [0.15, 0.2) is 29.1 Å². The summed E-state index contributed by atoms with van der Waals surface area (Å²) in [7, 11) is 0. The van der Waals surface area contributed by atoms with E-state index in [0.29, 0.717) is 12.2 Å². The Labute approximate surface area is 93.7 Å². The zero-order chi connectivity index (χ0) is 11.7. The Morgan fingerprint density at radius 2 is 2.12 bits per heavy atom. The average molecular weight is 217 g/mol. The molecule has 0 atom stereocenters. The van der Waals surface area contributed by atoms with E-state index in [2.05, 4.69) is 11.2 Å². The molecule has 1 aromatic heterocycles. The second-order valence-electron chi connectivity index (χ2n) is 4.03. The predicted octanol–water partition coefficient (Wildman–Crippen LogP) is 1.42. The number of aromatic amines is 1. The lowest BCUT2D eigenvalue weighted by molar-refractivity contribution is 0.657. The summed E-state index contributed by atoms with van der Waals surface area (Å²) in [5, 5.41) is 2.96. The normalized spacial score (nSPS) is 10.6. The van der Waals surface area contributed by atoms with Crippen LogP contribution in [0.3, 0.4) is 0 Å². The fraction of sp³-hybridized carbons (Fsp3) is 0.250. The first-order valence-electron chi connectivity index (χ1n) is 5.18. The highest BCUT2D eigenvalue weighted by Gasteiger charge is 2.07. The molecule has 16 heavy (non-hydrogen) atoms. The largest absolute Gasteiger partial charge is 0.393 e. The molecule has 0 spiro atoms. The highest BCUT2D eigenvalue weighted by atomic mass is 16.1. The zero-order valence-corrected chi connectivity index (χ0v) is 9.45. The first-order valence-corrected chi connectivity index (χ1v) is 5.18. The molecular formula is C12H15N3O. The Kier molecular flexibility index (Phi) is 2.56. The van der Waals surface area contributed by atoms with E-state index >= 15 is 0 Å². The molecule has 0 saturated carbocycles. The van der Waals surface area contributed by atoms with E-state index in [9.17, 15) is 4.79 Å². The monoisotopic (exact) mass is 217 g/mol. The molecule has 4 heteroatoms. The van der Waals surface area contributed by atoms with E-state index in [1.165, 1.54) is 10.2 Å². The maximum absolute atomic E-state index is 11.7. The number of aromatic nitrogens is 2. The van der Waals surface area contributed by atoms with Crippen LogP contribution >= 0.6 is 0 Å². The van der Waals surface area contributed by atoms with Crippen molar-refractivity contribution in [1.82, 2.24) is 9.78 Å². The number of nitrogens with two attached hydrogens (primary N) is 1. The summed E-state index contributed by atoms with van der Waals surface area (Å²) in [4.78, 5) is 11.7. The van der Waals surface area contributed by atoms with Gasteiger partial charge in [-0.25, -0.2) is 4.68 Å². The van der Waals surface area contributed by atoms with Crippen LogP contribution in [0.5, 0.6) is 0 Å². The quantitative estimate of drug-likeness (QED) is 0.799. The average Bonchev–Trinajstić information content (AvgIpc) is 2.47. The van der Waals surface area contributed by atoms with E-state index in [-0.39, 0.29) is 5.56 Å². The zero-order valence-electron chi connectivity index (χ0n) is 9.45. The van der Waals surface area contributed by atoms with Crippen molar-refractivity contribution < 1.29 is 0 Å². The molecule has 84 valence electrons. The van der Waals surface area contributed by atoms with Crippen molar-refractivity contribution in [3.63, 3.8) is 0 Å². The summed E-state index contributed by atoms with van der Waals surface area (Å²) in [5.41, 5.74) is 8.76. The Hall–Kier alpha value is -1.97. The first kappa shape index (κ1) is 10.5. The lowest BCUT2D eigenvalue weighted by Gasteiger charge is -2.02. The smallest absolute Gasteiger partial charge is 0.290 e. The third kappa shape index (κ3) is 1.86. The van der Waals surface area contributed by atoms with E-state index in [1.807, 2.05) is 25.1 Å². The van der Waals surface area contributed by atoms with Gasteiger partial charge in [0.2, 0.25) is 0 Å². The second kappa shape index (κ2) is 3.89. The molecule has 2 rings (SSSR count). The van der Waals surface area contributed by atoms with Crippen LogP contribution in [0.1, 0.15) is 16.8 Å². The predicted molar refractivity (Wildman–Crippen MR) is 64.5 cm³/mol. The molecule has 1 aromatic carbocycles. The summed E-state index contributed by atoms with van der Waals surface area (Å²) in [6.07, 6.45) is 0. The first-order chi connectivity index (χ1) is 7.58. The van der Waals surface area contributed by atoms with Gasteiger partial charge < -0.3 is 5.73 Å². The highest BCUT2D eigenvalue weighted by Crippen LogP contribution is 2.06. The van der Waals surface area contributed by atoms with Gasteiger partial charge in [0.1, 0.15) is 5.69 Å². The number of rotatable bonds is 2. The van der Waals surface area contributed by atoms with Gasteiger partial charge in [-0.15, -0.1) is 0 Å². The fourth-order valence-electron chi connectivity index (χ4n) is 1.72. The molecule has 0 aliphatic carbocycles. The van der Waals surface area contributed by atoms with E-state index in [1.54, 1.807) is 6.92 Å². The van der Waals surface area contributed by atoms with Crippen LogP contribution in [0.25, 0.3) is 0 Å². The van der Waals surface area contributed by atoms with Crippen LogP contribution in [-0.2, 0) is 6.54 Å². The third-order valence-corrected chi connectivity index (χ3v) is 2.61. The Morgan fingerprint density at radius 1 is 1.38 bits per heavy atom. The van der Waals surface area contributed by atoms with Gasteiger partial charge >= 0.3 is 0 Å². The van der Waals surface area contributed by atoms with Crippen molar-refractivity contribution in [2.45, 2.75) is 20.4 Å². The van der Waals surface area contributed by atoms with E-state index in [4.69, 9.17) is 5.73 Å². The summed E-state index contributed by atoms with van der Waals surface area (Å²) < 4.78 is 1.53. The summed E-state index contributed by atoms with van der Waals surface area (Å²) in [6.45, 7) is 4.35. The molecule has 0 radical (unpaired) electrons. The van der Waals surface area contributed by atoms with Gasteiger partial charge in [0, 0.05) is 0 Å². The van der Waals surface area contributed by atoms with Crippen molar-refractivity contribution in [3.05, 3.63) is 51.4 Å². The van der Waals surface area contributed by atoms with Crippen molar-refractivity contribution in [2.75, 3.05) is 5.73 Å². The maximum Gasteiger partial charge on any atom is 0.290 e. The number of nitrogens with one attached hydrogen (secondary N) is 1. The number of hydrogen-bond acceptors (Lipinski definition) is 2. The number of benzene rings is 1. The lowest BCUT2D eigenvalue weighted by Crippen LogP contribution is -2.19. The molecule has 0 aliphatic rings. The second-order valence-corrected chi connectivity index (χ2v) is 4.03.